The average Bonchev–Trinajstić information content (AvgIpc) is 3.12. The quantitative estimate of drug-likeness (QED) is 0.560. The van der Waals surface area contributed by atoms with Gasteiger partial charge in [0.1, 0.15) is 11.3 Å². The zero-order valence-corrected chi connectivity index (χ0v) is 13.9. The Balaban J connectivity index is 1.69. The van der Waals surface area contributed by atoms with Gasteiger partial charge in [-0.2, -0.15) is 0 Å². The lowest BCUT2D eigenvalue weighted by Gasteiger charge is -2.02. The van der Waals surface area contributed by atoms with Crippen LogP contribution in [0.3, 0.4) is 0 Å². The number of aryl methyl sites for hydroxylation is 1. The van der Waals surface area contributed by atoms with E-state index < -0.39 is 0 Å². The summed E-state index contributed by atoms with van der Waals surface area (Å²) in [5.74, 6) is 0. The second-order valence-corrected chi connectivity index (χ2v) is 6.44. The molecular weight excluding hydrogens is 328 g/mol. The Labute approximate surface area is 142 Å². The highest BCUT2D eigenvalue weighted by atomic mass is 35.5. The van der Waals surface area contributed by atoms with Gasteiger partial charge >= 0.3 is 0 Å². The number of anilines is 2. The lowest BCUT2D eigenvalue weighted by Crippen LogP contribution is -1.91. The van der Waals surface area contributed by atoms with E-state index in [0.717, 1.165) is 38.6 Å². The number of rotatable bonds is 3. The van der Waals surface area contributed by atoms with Gasteiger partial charge in [-0.1, -0.05) is 17.7 Å². The molecule has 3 aromatic heterocycles. The fraction of sp³-hybridized carbons (Fsp3) is 0.0588. The molecule has 0 aliphatic rings. The second kappa shape index (κ2) is 5.68. The van der Waals surface area contributed by atoms with E-state index in [1.807, 2.05) is 61.0 Å². The maximum atomic E-state index is 5.91. The maximum absolute atomic E-state index is 5.91. The molecule has 0 unspecified atom stereocenters. The Hall–Kier alpha value is -2.37. The van der Waals surface area contributed by atoms with E-state index in [1.165, 1.54) is 0 Å². The van der Waals surface area contributed by atoms with Crippen LogP contribution in [0.1, 0.15) is 5.69 Å². The molecule has 0 spiro atoms. The largest absolute Gasteiger partial charge is 0.332 e. The number of thiazole rings is 1. The molecule has 0 bridgehead atoms. The van der Waals surface area contributed by atoms with E-state index in [4.69, 9.17) is 16.6 Å². The third kappa shape index (κ3) is 2.69. The molecule has 4 aromatic rings. The van der Waals surface area contributed by atoms with Crippen LogP contribution < -0.4 is 5.32 Å². The zero-order valence-electron chi connectivity index (χ0n) is 12.3. The summed E-state index contributed by atoms with van der Waals surface area (Å²) in [7, 11) is 0. The van der Waals surface area contributed by atoms with Crippen LogP contribution in [0.5, 0.6) is 0 Å². The van der Waals surface area contributed by atoms with Crippen molar-refractivity contribution in [2.24, 2.45) is 0 Å². The number of imidazole rings is 1. The highest BCUT2D eigenvalue weighted by Crippen LogP contribution is 2.30. The van der Waals surface area contributed by atoms with Crippen molar-refractivity contribution in [2.75, 3.05) is 5.32 Å². The number of hydrogen-bond acceptors (Lipinski definition) is 4. The maximum Gasteiger partial charge on any atom is 0.187 e. The number of hydrogen-bond donors (Lipinski definition) is 1. The first-order valence-electron chi connectivity index (χ1n) is 7.13. The van der Waals surface area contributed by atoms with Crippen molar-refractivity contribution in [2.45, 2.75) is 6.92 Å². The monoisotopic (exact) mass is 340 g/mol. The summed E-state index contributed by atoms with van der Waals surface area (Å²) in [5, 5.41) is 6.90. The van der Waals surface area contributed by atoms with Crippen LogP contribution in [0, 0.1) is 6.92 Å². The molecule has 1 aromatic carbocycles. The number of benzene rings is 1. The van der Waals surface area contributed by atoms with Crippen molar-refractivity contribution < 1.29 is 0 Å². The highest BCUT2D eigenvalue weighted by molar-refractivity contribution is 7.14. The molecule has 0 radical (unpaired) electrons. The summed E-state index contributed by atoms with van der Waals surface area (Å²) in [6.45, 7) is 2.01. The minimum Gasteiger partial charge on any atom is -0.332 e. The summed E-state index contributed by atoms with van der Waals surface area (Å²) in [6.07, 6.45) is 2.01. The Kier molecular flexibility index (Phi) is 3.52. The molecule has 0 saturated carbocycles. The summed E-state index contributed by atoms with van der Waals surface area (Å²) >= 11 is 7.48. The number of pyridine rings is 1. The molecule has 114 valence electrons. The predicted octanol–water partition coefficient (Wildman–Crippen LogP) is 5.16. The van der Waals surface area contributed by atoms with Gasteiger partial charge in [-0.05, 0) is 43.3 Å². The van der Waals surface area contributed by atoms with E-state index in [9.17, 15) is 0 Å². The van der Waals surface area contributed by atoms with Crippen molar-refractivity contribution in [1.29, 1.82) is 0 Å². The van der Waals surface area contributed by atoms with Gasteiger partial charge in [0.25, 0.3) is 0 Å². The molecule has 4 nitrogen and oxygen atoms in total. The molecule has 4 rings (SSSR count). The first-order valence-corrected chi connectivity index (χ1v) is 8.38. The first-order chi connectivity index (χ1) is 11.2. The molecular formula is C17H13ClN4S. The van der Waals surface area contributed by atoms with Gasteiger partial charge in [0.05, 0.1) is 11.4 Å². The number of aromatic nitrogens is 3. The molecule has 0 fully saturated rings. The fourth-order valence-corrected chi connectivity index (χ4v) is 3.36. The van der Waals surface area contributed by atoms with Gasteiger partial charge in [-0.15, -0.1) is 11.3 Å². The summed E-state index contributed by atoms with van der Waals surface area (Å²) in [6, 6.07) is 13.6. The van der Waals surface area contributed by atoms with Crippen molar-refractivity contribution in [3.63, 3.8) is 0 Å². The van der Waals surface area contributed by atoms with E-state index in [-0.39, 0.29) is 0 Å². The van der Waals surface area contributed by atoms with Gasteiger partial charge in [0, 0.05) is 22.3 Å². The summed E-state index contributed by atoms with van der Waals surface area (Å²) in [5.41, 5.74) is 4.81. The number of halogens is 1. The minimum atomic E-state index is 0.719. The third-order valence-corrected chi connectivity index (χ3v) is 4.56. The number of nitrogens with one attached hydrogen (secondary N) is 1. The van der Waals surface area contributed by atoms with Crippen molar-refractivity contribution >= 4 is 39.4 Å². The molecule has 1 N–H and O–H groups in total. The Morgan fingerprint density at radius 3 is 2.74 bits per heavy atom. The Morgan fingerprint density at radius 1 is 1.09 bits per heavy atom. The van der Waals surface area contributed by atoms with Gasteiger partial charge in [-0.25, -0.2) is 9.97 Å². The molecule has 0 aliphatic carbocycles. The van der Waals surface area contributed by atoms with Crippen LogP contribution in [-0.4, -0.2) is 14.4 Å². The lowest BCUT2D eigenvalue weighted by molar-refractivity contribution is 1.17. The van der Waals surface area contributed by atoms with Crippen molar-refractivity contribution in [3.8, 4) is 11.4 Å². The molecule has 23 heavy (non-hydrogen) atoms. The van der Waals surface area contributed by atoms with Crippen LogP contribution in [0.2, 0.25) is 5.02 Å². The Morgan fingerprint density at radius 2 is 1.91 bits per heavy atom. The fourth-order valence-electron chi connectivity index (χ4n) is 2.52. The summed E-state index contributed by atoms with van der Waals surface area (Å²) in [4.78, 5) is 9.28. The second-order valence-electron chi connectivity index (χ2n) is 5.14. The topological polar surface area (TPSA) is 42.2 Å². The SMILES string of the molecule is Cc1nc2ccccn2c1-c1csc(Nc2ccc(Cl)cc2)n1. The molecule has 0 aliphatic heterocycles. The van der Waals surface area contributed by atoms with Crippen molar-refractivity contribution in [3.05, 3.63) is 64.8 Å². The van der Waals surface area contributed by atoms with Crippen LogP contribution in [-0.2, 0) is 0 Å². The van der Waals surface area contributed by atoms with E-state index in [2.05, 4.69) is 14.7 Å². The van der Waals surface area contributed by atoms with Crippen molar-refractivity contribution in [1.82, 2.24) is 14.4 Å². The van der Waals surface area contributed by atoms with Crippen LogP contribution in [0.15, 0.2) is 54.0 Å². The van der Waals surface area contributed by atoms with E-state index in [1.54, 1.807) is 11.3 Å². The lowest BCUT2D eigenvalue weighted by atomic mass is 10.3. The zero-order chi connectivity index (χ0) is 15.8. The van der Waals surface area contributed by atoms with E-state index >= 15 is 0 Å². The standard InChI is InChI=1S/C17H13ClN4S/c1-11-16(22-9-3-2-4-15(22)19-11)14-10-23-17(21-14)20-13-7-5-12(18)6-8-13/h2-10H,1H3,(H,20,21). The van der Waals surface area contributed by atoms with Gasteiger partial charge < -0.3 is 5.32 Å². The Bertz CT molecular complexity index is 972. The molecule has 3 heterocycles. The number of nitrogens with zero attached hydrogens (tertiary/aromatic N) is 3. The first kappa shape index (κ1) is 14.2. The normalized spacial score (nSPS) is 11.0. The highest BCUT2D eigenvalue weighted by Gasteiger charge is 2.13. The smallest absolute Gasteiger partial charge is 0.187 e. The molecule has 0 amide bonds. The van der Waals surface area contributed by atoms with Gasteiger partial charge in [-0.3, -0.25) is 4.40 Å². The third-order valence-electron chi connectivity index (χ3n) is 3.55. The molecule has 0 saturated heterocycles. The molecule has 0 atom stereocenters. The molecule has 6 heteroatoms. The van der Waals surface area contributed by atoms with Crippen LogP contribution >= 0.6 is 22.9 Å². The number of fused-ring (bicyclic) bond motifs is 1. The minimum absolute atomic E-state index is 0.719. The van der Waals surface area contributed by atoms with Crippen LogP contribution in [0.4, 0.5) is 10.8 Å². The van der Waals surface area contributed by atoms with Gasteiger partial charge in [0.2, 0.25) is 0 Å². The van der Waals surface area contributed by atoms with Crippen LogP contribution in [0.25, 0.3) is 17.0 Å². The predicted molar refractivity (Wildman–Crippen MR) is 95.8 cm³/mol. The summed E-state index contributed by atoms with van der Waals surface area (Å²) < 4.78 is 2.07. The van der Waals surface area contributed by atoms with Gasteiger partial charge in [0.15, 0.2) is 5.13 Å². The average molecular weight is 341 g/mol. The van der Waals surface area contributed by atoms with E-state index in [0.29, 0.717) is 0 Å².